The molecule has 0 N–H and O–H groups in total. The summed E-state index contributed by atoms with van der Waals surface area (Å²) in [7, 11) is 0. The average Bonchev–Trinajstić information content (AvgIpc) is 3.68. The molecule has 0 saturated carbocycles. The normalized spacial score (nSPS) is 11.3. The predicted molar refractivity (Wildman–Crippen MR) is 179 cm³/mol. The zero-order chi connectivity index (χ0) is 30.6. The van der Waals surface area contributed by atoms with Crippen molar-refractivity contribution in [3.63, 3.8) is 0 Å². The molecule has 2 heterocycles. The van der Waals surface area contributed by atoms with Gasteiger partial charge in [-0.25, -0.2) is 0 Å². The fourth-order valence-corrected chi connectivity index (χ4v) is 6.69. The van der Waals surface area contributed by atoms with Crippen LogP contribution in [0.25, 0.3) is 20.9 Å². The molecule has 0 fully saturated rings. The highest BCUT2D eigenvalue weighted by Crippen LogP contribution is 2.37. The van der Waals surface area contributed by atoms with E-state index in [0.717, 1.165) is 37.6 Å². The van der Waals surface area contributed by atoms with Crippen LogP contribution in [0, 0.1) is 0 Å². The van der Waals surface area contributed by atoms with E-state index in [2.05, 4.69) is 0 Å². The van der Waals surface area contributed by atoms with E-state index in [4.69, 9.17) is 32.7 Å². The Hall–Kier alpha value is -3.42. The number of ether oxygens (including phenoxy) is 2. The zero-order valence-electron chi connectivity index (χ0n) is 23.9. The van der Waals surface area contributed by atoms with E-state index in [0.29, 0.717) is 36.1 Å². The van der Waals surface area contributed by atoms with Crippen LogP contribution in [-0.4, -0.2) is 25.2 Å². The van der Waals surface area contributed by atoms with Crippen LogP contribution in [0.4, 0.5) is 0 Å². The summed E-state index contributed by atoms with van der Waals surface area (Å²) in [5, 5.41) is 5.42. The Morgan fingerprint density at radius 2 is 1.26 bits per heavy atom. The molecule has 0 aliphatic rings. The lowest BCUT2D eigenvalue weighted by atomic mass is 9.91. The van der Waals surface area contributed by atoms with Crippen molar-refractivity contribution in [2.45, 2.75) is 32.6 Å². The number of hydrogen-bond acceptors (Lipinski definition) is 6. The maximum Gasteiger partial charge on any atom is 0.313 e. The maximum atomic E-state index is 12.6. The third-order valence-electron chi connectivity index (χ3n) is 6.52. The SMILES string of the molecule is CCOC(=O)C(Cc1ccccc1)c1ccsc1-c1ccc(Cl)cc1.CCOC(=O)Cc1ccsc1-c1ccc(Cl)cc1. The first-order chi connectivity index (χ1) is 20.9. The molecule has 1 unspecified atom stereocenters. The molecule has 1 atom stereocenters. The Morgan fingerprint density at radius 1 is 0.698 bits per heavy atom. The second-order valence-electron chi connectivity index (χ2n) is 9.47. The highest BCUT2D eigenvalue weighted by Gasteiger charge is 2.26. The van der Waals surface area contributed by atoms with Crippen LogP contribution in [0.1, 0.15) is 36.5 Å². The highest BCUT2D eigenvalue weighted by molar-refractivity contribution is 7.14. The maximum absolute atomic E-state index is 12.6. The third-order valence-corrected chi connectivity index (χ3v) is 9.01. The Bertz CT molecular complexity index is 1590. The van der Waals surface area contributed by atoms with Crippen molar-refractivity contribution in [2.75, 3.05) is 13.2 Å². The van der Waals surface area contributed by atoms with Gasteiger partial charge in [0.25, 0.3) is 0 Å². The molecule has 0 radical (unpaired) electrons. The smallest absolute Gasteiger partial charge is 0.313 e. The molecule has 0 spiro atoms. The number of carbonyl (C=O) groups excluding carboxylic acids is 2. The van der Waals surface area contributed by atoms with E-state index >= 15 is 0 Å². The lowest BCUT2D eigenvalue weighted by Crippen LogP contribution is -2.18. The largest absolute Gasteiger partial charge is 0.466 e. The van der Waals surface area contributed by atoms with E-state index in [1.165, 1.54) is 0 Å². The van der Waals surface area contributed by atoms with Crippen LogP contribution < -0.4 is 0 Å². The van der Waals surface area contributed by atoms with Crippen molar-refractivity contribution in [3.05, 3.63) is 128 Å². The quantitative estimate of drug-likeness (QED) is 0.141. The van der Waals surface area contributed by atoms with Gasteiger partial charge in [0.15, 0.2) is 0 Å². The van der Waals surface area contributed by atoms with Crippen LogP contribution in [0.15, 0.2) is 102 Å². The van der Waals surface area contributed by atoms with Crippen molar-refractivity contribution in [3.8, 4) is 20.9 Å². The Labute approximate surface area is 270 Å². The van der Waals surface area contributed by atoms with Gasteiger partial charge >= 0.3 is 11.9 Å². The van der Waals surface area contributed by atoms with E-state index in [1.54, 1.807) is 22.7 Å². The summed E-state index contributed by atoms with van der Waals surface area (Å²) < 4.78 is 10.3. The molecule has 2 aromatic heterocycles. The van der Waals surface area contributed by atoms with E-state index in [-0.39, 0.29) is 17.9 Å². The highest BCUT2D eigenvalue weighted by atomic mass is 35.5. The molecule has 0 saturated heterocycles. The number of esters is 2. The van der Waals surface area contributed by atoms with Crippen LogP contribution in [0.2, 0.25) is 10.0 Å². The molecule has 5 rings (SSSR count). The summed E-state index contributed by atoms with van der Waals surface area (Å²) in [4.78, 5) is 26.3. The molecule has 222 valence electrons. The van der Waals surface area contributed by atoms with Gasteiger partial charge in [0.05, 0.1) is 25.6 Å². The van der Waals surface area contributed by atoms with Gasteiger partial charge < -0.3 is 9.47 Å². The molecule has 0 bridgehead atoms. The second-order valence-corrected chi connectivity index (χ2v) is 12.2. The van der Waals surface area contributed by atoms with Crippen LogP contribution in [0.5, 0.6) is 0 Å². The molecule has 0 aliphatic heterocycles. The summed E-state index contributed by atoms with van der Waals surface area (Å²) >= 11 is 15.1. The van der Waals surface area contributed by atoms with Gasteiger partial charge in [0, 0.05) is 19.8 Å². The summed E-state index contributed by atoms with van der Waals surface area (Å²) in [6.45, 7) is 4.45. The van der Waals surface area contributed by atoms with E-state index in [9.17, 15) is 9.59 Å². The first-order valence-electron chi connectivity index (χ1n) is 13.9. The monoisotopic (exact) mass is 650 g/mol. The van der Waals surface area contributed by atoms with Crippen molar-refractivity contribution < 1.29 is 19.1 Å². The van der Waals surface area contributed by atoms with Crippen molar-refractivity contribution in [2.24, 2.45) is 0 Å². The zero-order valence-corrected chi connectivity index (χ0v) is 27.1. The summed E-state index contributed by atoms with van der Waals surface area (Å²) in [6, 6.07) is 29.4. The Morgan fingerprint density at radius 3 is 1.86 bits per heavy atom. The minimum Gasteiger partial charge on any atom is -0.466 e. The number of thiophene rings is 2. The van der Waals surface area contributed by atoms with Crippen LogP contribution in [-0.2, 0) is 31.9 Å². The van der Waals surface area contributed by atoms with Gasteiger partial charge in [-0.2, -0.15) is 0 Å². The number of halogens is 2. The van der Waals surface area contributed by atoms with Gasteiger partial charge in [-0.3, -0.25) is 9.59 Å². The first kappa shape index (κ1) is 32.5. The standard InChI is InChI=1S/C21H19ClO2S.C14H13ClO2S/c1-2-24-21(23)19(14-15-6-4-3-5-7-15)18-12-13-25-20(18)16-8-10-17(22)11-9-16;1-2-17-13(16)9-11-7-8-18-14(11)10-3-5-12(15)6-4-10/h3-13,19H,2,14H2,1H3;3-8H,2,9H2,1H3. The van der Waals surface area contributed by atoms with E-state index < -0.39 is 0 Å². The molecular formula is C35H32Cl2O4S2. The van der Waals surface area contributed by atoms with Gasteiger partial charge in [-0.05, 0) is 95.2 Å². The third kappa shape index (κ3) is 9.28. The summed E-state index contributed by atoms with van der Waals surface area (Å²) in [5.41, 5.74) is 5.27. The number of benzene rings is 3. The van der Waals surface area contributed by atoms with Crippen molar-refractivity contribution in [1.82, 2.24) is 0 Å². The van der Waals surface area contributed by atoms with Crippen LogP contribution in [0.3, 0.4) is 0 Å². The van der Waals surface area contributed by atoms with Gasteiger partial charge in [0.1, 0.15) is 0 Å². The van der Waals surface area contributed by atoms with E-state index in [1.807, 2.05) is 116 Å². The molecular weight excluding hydrogens is 619 g/mol. The fourth-order valence-electron chi connectivity index (χ4n) is 4.54. The lowest BCUT2D eigenvalue weighted by Gasteiger charge is -2.17. The predicted octanol–water partition coefficient (Wildman–Crippen LogP) is 10.1. The summed E-state index contributed by atoms with van der Waals surface area (Å²) in [5.74, 6) is -0.689. The molecule has 43 heavy (non-hydrogen) atoms. The minimum absolute atomic E-state index is 0.181. The molecule has 8 heteroatoms. The second kappa shape index (κ2) is 16.4. The van der Waals surface area contributed by atoms with Crippen molar-refractivity contribution >= 4 is 57.8 Å². The summed E-state index contributed by atoms with van der Waals surface area (Å²) in [6.07, 6.45) is 0.937. The number of rotatable bonds is 10. The number of carbonyl (C=O) groups is 2. The molecule has 5 aromatic rings. The molecule has 0 amide bonds. The Kier molecular flexibility index (Phi) is 12.4. The van der Waals surface area contributed by atoms with Gasteiger partial charge in [-0.15, -0.1) is 22.7 Å². The first-order valence-corrected chi connectivity index (χ1v) is 16.4. The number of hydrogen-bond donors (Lipinski definition) is 0. The average molecular weight is 652 g/mol. The molecule has 0 aliphatic carbocycles. The topological polar surface area (TPSA) is 52.6 Å². The fraction of sp³-hybridized carbons (Fsp3) is 0.200. The van der Waals surface area contributed by atoms with Crippen molar-refractivity contribution in [1.29, 1.82) is 0 Å². The Balaban J connectivity index is 0.000000208. The van der Waals surface area contributed by atoms with Crippen LogP contribution >= 0.6 is 45.9 Å². The van der Waals surface area contributed by atoms with Gasteiger partial charge in [0.2, 0.25) is 0 Å². The molecule has 3 aromatic carbocycles. The van der Waals surface area contributed by atoms with Gasteiger partial charge in [-0.1, -0.05) is 77.8 Å². The lowest BCUT2D eigenvalue weighted by molar-refractivity contribution is -0.145. The minimum atomic E-state index is -0.320. The molecule has 4 nitrogen and oxygen atoms in total.